The molecule has 0 saturated carbocycles. The molecule has 75 heavy (non-hydrogen) atoms. The highest BCUT2D eigenvalue weighted by molar-refractivity contribution is 5.88. The number of aromatic amines is 2. The molecule has 4 atom stereocenters. The highest BCUT2D eigenvalue weighted by Crippen LogP contribution is 2.18. The topological polar surface area (TPSA) is 209 Å². The molecule has 2 aromatic rings. The average Bonchev–Trinajstić information content (AvgIpc) is 4.11. The molecule has 4 unspecified atom stereocenters. The minimum atomic E-state index is -1.20. The number of rotatable bonds is 46. The Morgan fingerprint density at radius 3 is 1.09 bits per heavy atom. The third kappa shape index (κ3) is 33.4. The van der Waals surface area contributed by atoms with Gasteiger partial charge in [-0.25, -0.2) is 9.97 Å². The summed E-state index contributed by atoms with van der Waals surface area (Å²) in [5.74, 6) is -2.80. The third-order valence-electron chi connectivity index (χ3n) is 13.5. The van der Waals surface area contributed by atoms with Crippen molar-refractivity contribution >= 4 is 35.6 Å². The Hall–Kier alpha value is -5.28. The predicted molar refractivity (Wildman–Crippen MR) is 298 cm³/mol. The number of esters is 2. The fourth-order valence-electron chi connectivity index (χ4n) is 9.15. The minimum absolute atomic E-state index is 0.111. The normalized spacial score (nSPS) is 13.1. The lowest BCUT2D eigenvalue weighted by molar-refractivity contribution is -0.172. The molecule has 0 bridgehead atoms. The number of imidazole rings is 2. The second-order valence-corrected chi connectivity index (χ2v) is 20.6. The molecular weight excluding hydrogens is 949 g/mol. The van der Waals surface area contributed by atoms with Gasteiger partial charge in [-0.15, -0.1) is 0 Å². The molecule has 0 saturated heterocycles. The van der Waals surface area contributed by atoms with Crippen molar-refractivity contribution in [3.8, 4) is 0 Å². The third-order valence-corrected chi connectivity index (χ3v) is 13.5. The maximum Gasteiger partial charge on any atom is 0.306 e. The van der Waals surface area contributed by atoms with Crippen LogP contribution in [0.3, 0.4) is 0 Å². The van der Waals surface area contributed by atoms with Crippen molar-refractivity contribution in [1.82, 2.24) is 40.4 Å². The van der Waals surface area contributed by atoms with Gasteiger partial charge >= 0.3 is 11.9 Å². The smallest absolute Gasteiger partial charge is 0.306 e. The van der Waals surface area contributed by atoms with Crippen molar-refractivity contribution in [3.05, 3.63) is 60.7 Å². The van der Waals surface area contributed by atoms with E-state index in [4.69, 9.17) is 9.47 Å². The van der Waals surface area contributed by atoms with Gasteiger partial charge in [0.05, 0.1) is 25.7 Å². The quantitative estimate of drug-likeness (QED) is 0.0280. The van der Waals surface area contributed by atoms with Crippen molar-refractivity contribution in [1.29, 1.82) is 0 Å². The number of unbranched alkanes of at least 4 members (excludes halogenated alkanes) is 23. The van der Waals surface area contributed by atoms with E-state index in [1.807, 2.05) is 0 Å². The average molecular weight is 1050 g/mol. The lowest BCUT2D eigenvalue weighted by atomic mass is 10.1. The Kier molecular flexibility index (Phi) is 37.6. The summed E-state index contributed by atoms with van der Waals surface area (Å²) in [5.41, 5.74) is 1.25. The number of likely N-dealkylation sites (N-methyl/N-ethyl adjacent to an activating group) is 2. The summed E-state index contributed by atoms with van der Waals surface area (Å²) in [6.07, 6.45) is 43.7. The molecule has 0 aliphatic carbocycles. The number of ether oxygens (including phenoxy) is 2. The van der Waals surface area contributed by atoms with E-state index in [0.29, 0.717) is 24.2 Å². The maximum absolute atomic E-state index is 14.2. The molecular formula is C59H100N8O8. The number of nitrogens with zero attached hydrogens (tertiary/aromatic N) is 4. The molecule has 0 aliphatic heterocycles. The highest BCUT2D eigenvalue weighted by Gasteiger charge is 2.36. The second-order valence-electron chi connectivity index (χ2n) is 20.6. The number of hydrogen-bond acceptors (Lipinski definition) is 10. The van der Waals surface area contributed by atoms with Crippen LogP contribution in [0.5, 0.6) is 0 Å². The summed E-state index contributed by atoms with van der Waals surface area (Å²) < 4.78 is 12.4. The Bertz CT molecular complexity index is 1870. The Balaban J connectivity index is 2.19. The summed E-state index contributed by atoms with van der Waals surface area (Å²) >= 11 is 0. The zero-order valence-electron chi connectivity index (χ0n) is 47.3. The van der Waals surface area contributed by atoms with Gasteiger partial charge in [-0.2, -0.15) is 0 Å². The van der Waals surface area contributed by atoms with Gasteiger partial charge in [0.1, 0.15) is 12.1 Å². The van der Waals surface area contributed by atoms with E-state index >= 15 is 0 Å². The van der Waals surface area contributed by atoms with Crippen LogP contribution < -0.4 is 10.6 Å². The number of nitrogens with one attached hydrogen (secondary N) is 4. The minimum Gasteiger partial charge on any atom is -0.456 e. The molecule has 424 valence electrons. The fraction of sp³-hybridized carbons (Fsp3) is 0.729. The summed E-state index contributed by atoms with van der Waals surface area (Å²) in [6, 6.07) is -1.98. The van der Waals surface area contributed by atoms with E-state index in [0.717, 1.165) is 83.5 Å². The molecule has 2 heterocycles. The SMILES string of the molecule is CCCCCCCC/C=C\CCCCCCCCC(=O)OC(CN(C)C(=O)C(Cc1cnc[nH]1)NC(C)=O)C(CN(C)C(=O)C(Cc1cnc[nH]1)NC(C)=O)OC(=O)CCCCCCC/C=C\CCCCCCCC. The van der Waals surface area contributed by atoms with Crippen LogP contribution in [0, 0.1) is 0 Å². The molecule has 0 radical (unpaired) electrons. The summed E-state index contributed by atoms with van der Waals surface area (Å²) in [4.78, 5) is 97.4. The van der Waals surface area contributed by atoms with E-state index in [-0.39, 0.29) is 38.8 Å². The van der Waals surface area contributed by atoms with Gasteiger partial charge in [-0.3, -0.25) is 28.8 Å². The van der Waals surface area contributed by atoms with Gasteiger partial charge in [0.15, 0.2) is 12.2 Å². The highest BCUT2D eigenvalue weighted by atomic mass is 16.6. The van der Waals surface area contributed by atoms with Crippen molar-refractivity contribution in [2.45, 2.75) is 251 Å². The molecule has 16 heteroatoms. The first kappa shape index (κ1) is 65.8. The second kappa shape index (κ2) is 42.9. The number of hydrogen-bond donors (Lipinski definition) is 4. The lowest BCUT2D eigenvalue weighted by Gasteiger charge is -2.34. The molecule has 16 nitrogen and oxygen atoms in total. The predicted octanol–water partition coefficient (Wildman–Crippen LogP) is 11.1. The standard InChI is InChI=1S/C59H100N8O8/c1-7-9-11-13-15-17-19-21-23-25-27-29-31-33-35-37-39-57(71)75-55(45-67(6)59(73)53(65-49(4)69)41-51-43-61-47-63-51)54(44-66(5)58(72)52(64-48(3)68)40-50-42-60-46-62-50)74-56(70)38-36-34-32-30-28-26-24-22-20-18-16-14-12-10-8-2/h21-24,42-43,46-47,52-55H,7-20,25-41,44-45H2,1-6H3,(H,60,62)(H,61,63)(H,64,68)(H,65,69)/b23-21-,24-22-. The molecule has 4 N–H and O–H groups in total. The molecule has 0 aromatic carbocycles. The van der Waals surface area contributed by atoms with Crippen LogP contribution >= 0.6 is 0 Å². The zero-order chi connectivity index (χ0) is 54.7. The van der Waals surface area contributed by atoms with Crippen LogP contribution in [0.25, 0.3) is 0 Å². The number of allylic oxidation sites excluding steroid dienone is 4. The van der Waals surface area contributed by atoms with E-state index < -0.39 is 59.9 Å². The Morgan fingerprint density at radius 1 is 0.493 bits per heavy atom. The van der Waals surface area contributed by atoms with Gasteiger partial charge in [0.25, 0.3) is 0 Å². The zero-order valence-corrected chi connectivity index (χ0v) is 47.3. The first-order valence-corrected chi connectivity index (χ1v) is 29.0. The number of amides is 4. The lowest BCUT2D eigenvalue weighted by Crippen LogP contribution is -2.55. The first-order valence-electron chi connectivity index (χ1n) is 29.0. The van der Waals surface area contributed by atoms with Crippen molar-refractivity contribution in [2.24, 2.45) is 0 Å². The van der Waals surface area contributed by atoms with Crippen LogP contribution in [0.15, 0.2) is 49.4 Å². The Labute approximate surface area is 451 Å². The number of aromatic nitrogens is 4. The van der Waals surface area contributed by atoms with E-state index in [2.05, 4.69) is 68.7 Å². The molecule has 2 rings (SSSR count). The van der Waals surface area contributed by atoms with Crippen LogP contribution in [-0.2, 0) is 51.1 Å². The largest absolute Gasteiger partial charge is 0.456 e. The molecule has 2 aromatic heterocycles. The molecule has 0 aliphatic rings. The Morgan fingerprint density at radius 2 is 0.800 bits per heavy atom. The first-order chi connectivity index (χ1) is 36.3. The van der Waals surface area contributed by atoms with E-state index in [1.165, 1.54) is 127 Å². The maximum atomic E-state index is 14.2. The van der Waals surface area contributed by atoms with Crippen molar-refractivity contribution in [3.63, 3.8) is 0 Å². The molecule has 0 spiro atoms. The molecule has 4 amide bonds. The summed E-state index contributed by atoms with van der Waals surface area (Å²) in [6.45, 7) is 6.71. The van der Waals surface area contributed by atoms with Crippen molar-refractivity contribution < 1.29 is 38.2 Å². The van der Waals surface area contributed by atoms with E-state index in [1.54, 1.807) is 12.4 Å². The van der Waals surface area contributed by atoms with Gasteiger partial charge in [-0.1, -0.05) is 147 Å². The van der Waals surface area contributed by atoms with Gasteiger partial charge in [0, 0.05) is 77.4 Å². The van der Waals surface area contributed by atoms with Crippen molar-refractivity contribution in [2.75, 3.05) is 27.2 Å². The number of H-pyrrole nitrogens is 2. The summed E-state index contributed by atoms with van der Waals surface area (Å²) in [5, 5.41) is 5.46. The van der Waals surface area contributed by atoms with Crippen LogP contribution in [0.4, 0.5) is 0 Å². The monoisotopic (exact) mass is 1050 g/mol. The fourth-order valence-corrected chi connectivity index (χ4v) is 9.15. The van der Waals surface area contributed by atoms with Gasteiger partial charge < -0.3 is 39.9 Å². The van der Waals surface area contributed by atoms with E-state index in [9.17, 15) is 28.8 Å². The van der Waals surface area contributed by atoms with Gasteiger partial charge in [0.2, 0.25) is 23.6 Å². The number of carbonyl (C=O) groups excluding carboxylic acids is 6. The van der Waals surface area contributed by atoms with Crippen LogP contribution in [0.2, 0.25) is 0 Å². The van der Waals surface area contributed by atoms with Crippen LogP contribution in [-0.4, -0.2) is 117 Å². The summed E-state index contributed by atoms with van der Waals surface area (Å²) in [7, 11) is 3.07. The molecule has 0 fully saturated rings. The number of carbonyl (C=O) groups is 6. The van der Waals surface area contributed by atoms with Gasteiger partial charge in [-0.05, 0) is 64.2 Å². The van der Waals surface area contributed by atoms with Crippen LogP contribution in [0.1, 0.15) is 225 Å².